The number of halogens is 2. The van der Waals surface area contributed by atoms with E-state index in [1.165, 1.54) is 18.4 Å². The molecule has 0 saturated heterocycles. The second kappa shape index (κ2) is 6.68. The van der Waals surface area contributed by atoms with Gasteiger partial charge in [0.15, 0.2) is 3.95 Å². The van der Waals surface area contributed by atoms with Gasteiger partial charge in [-0.15, -0.1) is 11.3 Å². The van der Waals surface area contributed by atoms with Crippen molar-refractivity contribution in [2.75, 3.05) is 7.11 Å². The fourth-order valence-electron chi connectivity index (χ4n) is 2.09. The van der Waals surface area contributed by atoms with E-state index in [1.807, 2.05) is 21.5 Å². The number of hydrogen-bond donors (Lipinski definition) is 0. The Morgan fingerprint density at radius 1 is 1.43 bits per heavy atom. The van der Waals surface area contributed by atoms with Gasteiger partial charge in [0.1, 0.15) is 5.69 Å². The zero-order chi connectivity index (χ0) is 16.6. The highest BCUT2D eigenvalue weighted by atomic mass is 35.5. The number of carbonyl (C=O) groups is 1. The number of hydrogen-bond acceptors (Lipinski definition) is 6. The van der Waals surface area contributed by atoms with Gasteiger partial charge in [-0.1, -0.05) is 35.1 Å². The number of fused-ring (bicyclic) bond motifs is 1. The second-order valence-electron chi connectivity index (χ2n) is 4.61. The summed E-state index contributed by atoms with van der Waals surface area (Å²) < 4.78 is 23.2. The highest BCUT2D eigenvalue weighted by molar-refractivity contribution is 7.73. The minimum Gasteiger partial charge on any atom is -0.469 e. The SMILES string of the molecule is COC(=O)Cc1sc(F)c(N=c2sc(=S)n3n2CC=CC3)c1Cl. The molecule has 23 heavy (non-hydrogen) atoms. The third-order valence-corrected chi connectivity index (χ3v) is 6.03. The first-order valence-corrected chi connectivity index (χ1v) is 8.97. The van der Waals surface area contributed by atoms with Crippen molar-refractivity contribution in [3.8, 4) is 0 Å². The maximum Gasteiger partial charge on any atom is 0.310 e. The molecular weight excluding hydrogens is 381 g/mol. The first kappa shape index (κ1) is 16.6. The van der Waals surface area contributed by atoms with E-state index < -0.39 is 11.1 Å². The van der Waals surface area contributed by atoms with Gasteiger partial charge < -0.3 is 4.74 Å². The lowest BCUT2D eigenvalue weighted by atomic mass is 10.3. The topological polar surface area (TPSA) is 48.5 Å². The zero-order valence-corrected chi connectivity index (χ0v) is 15.1. The number of aromatic nitrogens is 2. The van der Waals surface area contributed by atoms with E-state index in [4.69, 9.17) is 23.8 Å². The van der Waals surface area contributed by atoms with Gasteiger partial charge in [0.25, 0.3) is 0 Å². The van der Waals surface area contributed by atoms with Crippen LogP contribution in [0, 0.1) is 9.09 Å². The number of rotatable bonds is 3. The van der Waals surface area contributed by atoms with Crippen LogP contribution >= 0.6 is 46.5 Å². The molecule has 3 heterocycles. The van der Waals surface area contributed by atoms with E-state index in [0.717, 1.165) is 11.3 Å². The van der Waals surface area contributed by atoms with Gasteiger partial charge in [-0.05, 0) is 12.2 Å². The standard InChI is InChI=1S/C13H11ClFN3O2S3/c1-20-8(19)6-7-9(14)10(11(15)22-7)16-12-17-4-2-3-5-18(17)13(21)23-12/h2-3H,4-6H2,1H3. The smallest absolute Gasteiger partial charge is 0.310 e. The minimum absolute atomic E-state index is 0.0391. The van der Waals surface area contributed by atoms with Crippen LogP contribution in [0.25, 0.3) is 0 Å². The third-order valence-electron chi connectivity index (χ3n) is 3.22. The van der Waals surface area contributed by atoms with Gasteiger partial charge in [-0.25, -0.2) is 4.99 Å². The van der Waals surface area contributed by atoms with Gasteiger partial charge in [-0.3, -0.25) is 14.2 Å². The van der Waals surface area contributed by atoms with Gasteiger partial charge in [0.2, 0.25) is 9.93 Å². The predicted octanol–water partition coefficient (Wildman–Crippen LogP) is 3.45. The normalized spacial score (nSPS) is 14.1. The summed E-state index contributed by atoms with van der Waals surface area (Å²) in [5, 5.41) is -0.387. The number of esters is 1. The molecule has 0 aliphatic carbocycles. The Morgan fingerprint density at radius 3 is 2.83 bits per heavy atom. The van der Waals surface area contributed by atoms with E-state index in [2.05, 4.69) is 9.73 Å². The number of thiophene rings is 1. The maximum absolute atomic E-state index is 14.2. The first-order chi connectivity index (χ1) is 11.0. The molecule has 1 aliphatic heterocycles. The quantitative estimate of drug-likeness (QED) is 0.457. The molecule has 0 fully saturated rings. The van der Waals surface area contributed by atoms with Crippen molar-refractivity contribution in [1.82, 2.24) is 9.36 Å². The Balaban J connectivity index is 2.08. The molecule has 0 saturated carbocycles. The zero-order valence-electron chi connectivity index (χ0n) is 11.9. The Morgan fingerprint density at radius 2 is 2.13 bits per heavy atom. The van der Waals surface area contributed by atoms with Crippen LogP contribution in [-0.2, 0) is 29.0 Å². The second-order valence-corrected chi connectivity index (χ2v) is 7.65. The molecule has 10 heteroatoms. The van der Waals surface area contributed by atoms with Gasteiger partial charge in [0.05, 0.1) is 31.6 Å². The highest BCUT2D eigenvalue weighted by Gasteiger charge is 2.20. The summed E-state index contributed by atoms with van der Waals surface area (Å²) >= 11 is 13.6. The van der Waals surface area contributed by atoms with Crippen molar-refractivity contribution >= 4 is 58.1 Å². The molecule has 0 bridgehead atoms. The molecule has 122 valence electrons. The number of methoxy groups -OCH3 is 1. The monoisotopic (exact) mass is 391 g/mol. The predicted molar refractivity (Wildman–Crippen MR) is 90.5 cm³/mol. The van der Waals surface area contributed by atoms with E-state index in [9.17, 15) is 9.18 Å². The molecule has 0 spiro atoms. The Labute approximate surface area is 148 Å². The Kier molecular flexibility index (Phi) is 4.81. The van der Waals surface area contributed by atoms with E-state index in [0.29, 0.717) is 26.7 Å². The molecular formula is C13H11ClFN3O2S3. The van der Waals surface area contributed by atoms with Crippen molar-refractivity contribution in [1.29, 1.82) is 0 Å². The number of nitrogens with zero attached hydrogens (tertiary/aromatic N) is 3. The summed E-state index contributed by atoms with van der Waals surface area (Å²) in [5.74, 6) is -0.476. The molecule has 1 aliphatic rings. The fourth-order valence-corrected chi connectivity index (χ4v) is 4.54. The lowest BCUT2D eigenvalue weighted by Crippen LogP contribution is -2.24. The van der Waals surface area contributed by atoms with Gasteiger partial charge in [-0.2, -0.15) is 4.39 Å². The van der Waals surface area contributed by atoms with E-state index in [1.54, 1.807) is 0 Å². The van der Waals surface area contributed by atoms with Crippen LogP contribution in [0.5, 0.6) is 0 Å². The summed E-state index contributed by atoms with van der Waals surface area (Å²) in [6, 6.07) is 0. The van der Waals surface area contributed by atoms with Crippen molar-refractivity contribution in [3.05, 3.63) is 35.9 Å². The van der Waals surface area contributed by atoms with Crippen LogP contribution in [0.3, 0.4) is 0 Å². The molecule has 2 aromatic rings. The molecule has 0 amide bonds. The average molecular weight is 392 g/mol. The van der Waals surface area contributed by atoms with Crippen LogP contribution in [-0.4, -0.2) is 22.4 Å². The fraction of sp³-hybridized carbons (Fsp3) is 0.308. The molecule has 0 unspecified atom stereocenters. The molecule has 5 nitrogen and oxygen atoms in total. The number of ether oxygens (including phenoxy) is 1. The third kappa shape index (κ3) is 3.18. The number of carbonyl (C=O) groups excluding carboxylic acids is 1. The summed E-state index contributed by atoms with van der Waals surface area (Å²) in [5.41, 5.74) is 0.0391. The maximum atomic E-state index is 14.2. The van der Waals surface area contributed by atoms with Crippen molar-refractivity contribution < 1.29 is 13.9 Å². The summed E-state index contributed by atoms with van der Waals surface area (Å²) in [6.45, 7) is 1.28. The van der Waals surface area contributed by atoms with Crippen molar-refractivity contribution in [2.45, 2.75) is 19.5 Å². The van der Waals surface area contributed by atoms with Crippen molar-refractivity contribution in [3.63, 3.8) is 0 Å². The van der Waals surface area contributed by atoms with Crippen LogP contribution in [0.4, 0.5) is 10.1 Å². The average Bonchev–Trinajstić information content (AvgIpc) is 3.00. The molecule has 0 aromatic carbocycles. The molecule has 0 radical (unpaired) electrons. The largest absolute Gasteiger partial charge is 0.469 e. The van der Waals surface area contributed by atoms with Gasteiger partial charge >= 0.3 is 5.97 Å². The first-order valence-electron chi connectivity index (χ1n) is 6.55. The number of allylic oxidation sites excluding steroid dienone is 2. The summed E-state index contributed by atoms with van der Waals surface area (Å²) in [4.78, 5) is 16.7. The highest BCUT2D eigenvalue weighted by Crippen LogP contribution is 2.38. The van der Waals surface area contributed by atoms with Crippen LogP contribution in [0.1, 0.15) is 4.88 Å². The van der Waals surface area contributed by atoms with Gasteiger partial charge in [0, 0.05) is 4.88 Å². The summed E-state index contributed by atoms with van der Waals surface area (Å²) in [6.07, 6.45) is 3.93. The van der Waals surface area contributed by atoms with Crippen LogP contribution in [0.2, 0.25) is 5.02 Å². The summed E-state index contributed by atoms with van der Waals surface area (Å²) in [7, 11) is 1.27. The lowest BCUT2D eigenvalue weighted by Gasteiger charge is -2.11. The van der Waals surface area contributed by atoms with Crippen molar-refractivity contribution in [2.24, 2.45) is 4.99 Å². The molecule has 0 atom stereocenters. The Hall–Kier alpha value is -1.29. The van der Waals surface area contributed by atoms with Crippen LogP contribution in [0.15, 0.2) is 17.1 Å². The molecule has 3 rings (SSSR count). The van der Waals surface area contributed by atoms with E-state index in [-0.39, 0.29) is 17.1 Å². The van der Waals surface area contributed by atoms with Crippen LogP contribution < -0.4 is 4.80 Å². The minimum atomic E-state index is -0.529. The molecule has 2 aromatic heterocycles. The Bertz CT molecular complexity index is 922. The molecule has 0 N–H and O–H groups in total. The lowest BCUT2D eigenvalue weighted by molar-refractivity contribution is -0.139. The van der Waals surface area contributed by atoms with E-state index >= 15 is 0 Å².